The van der Waals surface area contributed by atoms with Gasteiger partial charge < -0.3 is 9.47 Å². The molecule has 0 amide bonds. The monoisotopic (exact) mass is 327 g/mol. The molecule has 0 unspecified atom stereocenters. The lowest BCUT2D eigenvalue weighted by molar-refractivity contribution is -0.385. The van der Waals surface area contributed by atoms with E-state index < -0.39 is 4.92 Å². The van der Waals surface area contributed by atoms with Crippen LogP contribution < -0.4 is 9.47 Å². The summed E-state index contributed by atoms with van der Waals surface area (Å²) in [5.41, 5.74) is 2.18. The van der Waals surface area contributed by atoms with Gasteiger partial charge in [-0.2, -0.15) is 5.10 Å². The number of nitro benzene ring substituents is 1. The van der Waals surface area contributed by atoms with E-state index in [-0.39, 0.29) is 18.3 Å². The van der Waals surface area contributed by atoms with E-state index in [2.05, 4.69) is 5.10 Å². The first-order valence-electron chi connectivity index (χ1n) is 7.39. The Kier molecular flexibility index (Phi) is 3.12. The molecule has 0 fully saturated rings. The maximum Gasteiger partial charge on any atom is 0.280 e. The van der Waals surface area contributed by atoms with Crippen molar-refractivity contribution in [2.75, 3.05) is 6.79 Å². The molecule has 2 heterocycles. The number of hydrogen-bond acceptors (Lipinski definition) is 6. The van der Waals surface area contributed by atoms with E-state index in [4.69, 9.17) is 9.47 Å². The highest BCUT2D eigenvalue weighted by Crippen LogP contribution is 2.39. The van der Waals surface area contributed by atoms with Crippen molar-refractivity contribution in [3.05, 3.63) is 50.8 Å². The van der Waals surface area contributed by atoms with E-state index in [0.29, 0.717) is 41.0 Å². The van der Waals surface area contributed by atoms with Crippen LogP contribution in [0, 0.1) is 10.1 Å². The molecule has 1 aliphatic heterocycles. The van der Waals surface area contributed by atoms with Crippen molar-refractivity contribution in [1.82, 2.24) is 9.78 Å². The van der Waals surface area contributed by atoms with E-state index in [0.717, 1.165) is 5.69 Å². The summed E-state index contributed by atoms with van der Waals surface area (Å²) in [5, 5.41) is 15.4. The van der Waals surface area contributed by atoms with Gasteiger partial charge in [0.25, 0.3) is 5.69 Å². The minimum Gasteiger partial charge on any atom is -0.454 e. The minimum atomic E-state index is -0.489. The van der Waals surface area contributed by atoms with Crippen molar-refractivity contribution in [2.24, 2.45) is 7.05 Å². The van der Waals surface area contributed by atoms with Crippen molar-refractivity contribution in [1.29, 1.82) is 0 Å². The molecule has 2 aromatic rings. The predicted octanol–water partition coefficient (Wildman–Crippen LogP) is 2.27. The summed E-state index contributed by atoms with van der Waals surface area (Å²) >= 11 is 0. The minimum absolute atomic E-state index is 0.0322. The number of Topliss-reactive ketones (excluding diaryl/α,β-unsaturated/α-hetero) is 1. The van der Waals surface area contributed by atoms with E-state index in [1.807, 2.05) is 0 Å². The maximum atomic E-state index is 12.6. The van der Waals surface area contributed by atoms with Crippen LogP contribution in [0.3, 0.4) is 0 Å². The molecule has 8 heteroatoms. The first kappa shape index (κ1) is 14.4. The lowest BCUT2D eigenvalue weighted by Gasteiger charge is -2.14. The van der Waals surface area contributed by atoms with Crippen LogP contribution in [0.5, 0.6) is 11.5 Å². The highest BCUT2D eigenvalue weighted by atomic mass is 16.7. The summed E-state index contributed by atoms with van der Waals surface area (Å²) in [6, 6.07) is 2.87. The fourth-order valence-corrected chi connectivity index (χ4v) is 3.03. The van der Waals surface area contributed by atoms with Crippen molar-refractivity contribution in [3.8, 4) is 11.5 Å². The smallest absolute Gasteiger partial charge is 0.280 e. The Morgan fingerprint density at radius 3 is 2.79 bits per heavy atom. The first-order chi connectivity index (χ1) is 11.5. The SMILES string of the molecule is Cn1ncc2c1CCC(=Cc1cc3c(cc1[N+](=O)[O-])OCO3)C2=O. The van der Waals surface area contributed by atoms with Crippen LogP contribution in [0.2, 0.25) is 0 Å². The Morgan fingerprint density at radius 1 is 1.29 bits per heavy atom. The van der Waals surface area contributed by atoms with Crippen LogP contribution in [-0.4, -0.2) is 27.3 Å². The molecule has 0 N–H and O–H groups in total. The van der Waals surface area contributed by atoms with Crippen LogP contribution in [0.1, 0.15) is 28.0 Å². The number of rotatable bonds is 2. The Labute approximate surface area is 136 Å². The average Bonchev–Trinajstić information content (AvgIpc) is 3.16. The van der Waals surface area contributed by atoms with Gasteiger partial charge in [-0.15, -0.1) is 0 Å². The molecule has 1 aromatic heterocycles. The highest BCUT2D eigenvalue weighted by molar-refractivity contribution is 6.13. The molecule has 0 radical (unpaired) electrons. The number of aryl methyl sites for hydroxylation is 1. The number of hydrogen-bond donors (Lipinski definition) is 0. The van der Waals surface area contributed by atoms with Gasteiger partial charge in [0, 0.05) is 18.3 Å². The second kappa shape index (κ2) is 5.19. The molecule has 0 saturated carbocycles. The molecule has 1 aliphatic carbocycles. The molecule has 0 spiro atoms. The molecule has 4 rings (SSSR count). The molecule has 0 bridgehead atoms. The number of nitrogens with zero attached hydrogens (tertiary/aromatic N) is 3. The van der Waals surface area contributed by atoms with Gasteiger partial charge in [-0.05, 0) is 25.0 Å². The number of carbonyl (C=O) groups excluding carboxylic acids is 1. The molecule has 2 aliphatic rings. The van der Waals surface area contributed by atoms with Crippen LogP contribution >= 0.6 is 0 Å². The molecular formula is C16H13N3O5. The molecule has 122 valence electrons. The number of ether oxygens (including phenoxy) is 2. The number of nitro groups is 1. The van der Waals surface area contributed by atoms with Gasteiger partial charge in [0.2, 0.25) is 6.79 Å². The van der Waals surface area contributed by atoms with Crippen LogP contribution in [-0.2, 0) is 13.5 Å². The number of allylic oxidation sites excluding steroid dienone is 1. The second-order valence-corrected chi connectivity index (χ2v) is 5.65. The normalized spacial score (nSPS) is 17.2. The third-order valence-corrected chi connectivity index (χ3v) is 4.28. The fraction of sp³-hybridized carbons (Fsp3) is 0.250. The van der Waals surface area contributed by atoms with Gasteiger partial charge in [-0.1, -0.05) is 0 Å². The first-order valence-corrected chi connectivity index (χ1v) is 7.39. The third kappa shape index (κ3) is 2.15. The summed E-state index contributed by atoms with van der Waals surface area (Å²) in [6.07, 6.45) is 4.29. The predicted molar refractivity (Wildman–Crippen MR) is 83.1 cm³/mol. The largest absolute Gasteiger partial charge is 0.454 e. The highest BCUT2D eigenvalue weighted by Gasteiger charge is 2.27. The standard InChI is InChI=1S/C16H13N3O5/c1-18-12-3-2-9(16(20)11(12)7-17-18)4-10-5-14-15(24-8-23-14)6-13(10)19(21)22/h4-7H,2-3,8H2,1H3. The lowest BCUT2D eigenvalue weighted by Crippen LogP contribution is -2.15. The molecule has 1 aromatic carbocycles. The van der Waals surface area contributed by atoms with Gasteiger partial charge in [0.15, 0.2) is 17.3 Å². The molecular weight excluding hydrogens is 314 g/mol. The Bertz CT molecular complexity index is 913. The summed E-state index contributed by atoms with van der Waals surface area (Å²) < 4.78 is 12.1. The molecule has 24 heavy (non-hydrogen) atoms. The van der Waals surface area contributed by atoms with Crippen molar-refractivity contribution in [3.63, 3.8) is 0 Å². The van der Waals surface area contributed by atoms with Crippen LogP contribution in [0.25, 0.3) is 6.08 Å². The summed E-state index contributed by atoms with van der Waals surface area (Å²) in [7, 11) is 1.80. The summed E-state index contributed by atoms with van der Waals surface area (Å²) in [5.74, 6) is 0.641. The Morgan fingerprint density at radius 2 is 2.04 bits per heavy atom. The van der Waals surface area contributed by atoms with Gasteiger partial charge in [0.1, 0.15) is 0 Å². The molecule has 0 atom stereocenters. The quantitative estimate of drug-likeness (QED) is 0.477. The van der Waals surface area contributed by atoms with Gasteiger partial charge in [-0.3, -0.25) is 19.6 Å². The zero-order chi connectivity index (χ0) is 16.8. The van der Waals surface area contributed by atoms with E-state index in [1.54, 1.807) is 30.1 Å². The number of ketones is 1. The summed E-state index contributed by atoms with van der Waals surface area (Å²) in [6.45, 7) is 0.0322. The van der Waals surface area contributed by atoms with Crippen molar-refractivity contribution in [2.45, 2.75) is 12.8 Å². The van der Waals surface area contributed by atoms with Crippen molar-refractivity contribution >= 4 is 17.5 Å². The summed E-state index contributed by atoms with van der Waals surface area (Å²) in [4.78, 5) is 23.4. The number of fused-ring (bicyclic) bond motifs is 2. The van der Waals surface area contributed by atoms with Crippen LogP contribution in [0.4, 0.5) is 5.69 Å². The van der Waals surface area contributed by atoms with E-state index in [9.17, 15) is 14.9 Å². The molecule has 8 nitrogen and oxygen atoms in total. The Hall–Kier alpha value is -3.16. The zero-order valence-electron chi connectivity index (χ0n) is 12.8. The average molecular weight is 327 g/mol. The van der Waals surface area contributed by atoms with Gasteiger partial charge in [0.05, 0.1) is 28.3 Å². The zero-order valence-corrected chi connectivity index (χ0v) is 12.8. The number of aromatic nitrogens is 2. The van der Waals surface area contributed by atoms with E-state index >= 15 is 0 Å². The Balaban J connectivity index is 1.79. The number of carbonyl (C=O) groups is 1. The lowest BCUT2D eigenvalue weighted by atomic mass is 9.90. The topological polar surface area (TPSA) is 96.5 Å². The fourth-order valence-electron chi connectivity index (χ4n) is 3.03. The van der Waals surface area contributed by atoms with E-state index in [1.165, 1.54) is 6.07 Å². The van der Waals surface area contributed by atoms with Crippen LogP contribution in [0.15, 0.2) is 23.9 Å². The third-order valence-electron chi connectivity index (χ3n) is 4.28. The van der Waals surface area contributed by atoms with Gasteiger partial charge >= 0.3 is 0 Å². The second-order valence-electron chi connectivity index (χ2n) is 5.65. The molecule has 0 saturated heterocycles. The maximum absolute atomic E-state index is 12.6. The van der Waals surface area contributed by atoms with Crippen molar-refractivity contribution < 1.29 is 19.2 Å². The number of benzene rings is 1. The van der Waals surface area contributed by atoms with Gasteiger partial charge in [-0.25, -0.2) is 0 Å².